The summed E-state index contributed by atoms with van der Waals surface area (Å²) in [6, 6.07) is 12.2. The van der Waals surface area contributed by atoms with Crippen LogP contribution in [0.3, 0.4) is 0 Å². The maximum Gasteiger partial charge on any atom is 0.0699 e. The lowest BCUT2D eigenvalue weighted by atomic mass is 10.2. The van der Waals surface area contributed by atoms with Gasteiger partial charge in [0.05, 0.1) is 11.2 Å². The van der Waals surface area contributed by atoms with Gasteiger partial charge in [-0.2, -0.15) is 0 Å². The number of rotatable bonds is 2. The van der Waals surface area contributed by atoms with Crippen molar-refractivity contribution in [3.8, 4) is 0 Å². The highest BCUT2D eigenvalue weighted by atomic mass is 15.4. The number of hydrogen-bond donors (Lipinski definition) is 1. The lowest BCUT2D eigenvalue weighted by Gasteiger charge is -2.08. The Morgan fingerprint density at radius 3 is 2.65 bits per heavy atom. The Morgan fingerprint density at radius 2 is 1.82 bits per heavy atom. The highest BCUT2D eigenvalue weighted by Gasteiger charge is 2.03. The second kappa shape index (κ2) is 3.94. The van der Waals surface area contributed by atoms with Crippen molar-refractivity contribution >= 4 is 16.6 Å². The molecule has 0 unspecified atom stereocenters. The van der Waals surface area contributed by atoms with E-state index in [9.17, 15) is 0 Å². The number of anilines is 1. The standard InChI is InChI=1S/C14H13N3/c1-11-10-17(14-5-3-2-4-13(11)14)16-12-6-8-15-9-7-12/h2-10H,1H3,(H,15,16). The minimum Gasteiger partial charge on any atom is -0.294 e. The summed E-state index contributed by atoms with van der Waals surface area (Å²) in [7, 11) is 0. The molecule has 0 aliphatic rings. The highest BCUT2D eigenvalue weighted by Crippen LogP contribution is 2.20. The number of nitrogens with one attached hydrogen (secondary N) is 1. The summed E-state index contributed by atoms with van der Waals surface area (Å²) in [5.74, 6) is 0. The SMILES string of the molecule is Cc1cn(Nc2ccncc2)c2ccccc12. The summed E-state index contributed by atoms with van der Waals surface area (Å²) < 4.78 is 2.04. The molecule has 0 spiro atoms. The van der Waals surface area contributed by atoms with Crippen LogP contribution in [0.25, 0.3) is 10.9 Å². The summed E-state index contributed by atoms with van der Waals surface area (Å²) in [5, 5.41) is 1.27. The van der Waals surface area contributed by atoms with E-state index in [0.717, 1.165) is 5.69 Å². The minimum absolute atomic E-state index is 1.03. The summed E-state index contributed by atoms with van der Waals surface area (Å²) in [4.78, 5) is 4.01. The van der Waals surface area contributed by atoms with Crippen LogP contribution in [0.1, 0.15) is 5.56 Å². The number of nitrogens with zero attached hydrogens (tertiary/aromatic N) is 2. The van der Waals surface area contributed by atoms with Crippen molar-refractivity contribution in [3.63, 3.8) is 0 Å². The van der Waals surface area contributed by atoms with Crippen LogP contribution in [0.4, 0.5) is 5.69 Å². The fraction of sp³-hybridized carbons (Fsp3) is 0.0714. The smallest absolute Gasteiger partial charge is 0.0699 e. The van der Waals surface area contributed by atoms with E-state index in [4.69, 9.17) is 0 Å². The molecule has 0 saturated carbocycles. The fourth-order valence-corrected chi connectivity index (χ4v) is 2.01. The number of benzene rings is 1. The van der Waals surface area contributed by atoms with Gasteiger partial charge in [-0.05, 0) is 30.7 Å². The topological polar surface area (TPSA) is 29.9 Å². The van der Waals surface area contributed by atoms with Crippen LogP contribution in [-0.4, -0.2) is 9.66 Å². The first-order valence-electron chi connectivity index (χ1n) is 5.58. The van der Waals surface area contributed by atoms with Crippen molar-refractivity contribution in [2.75, 3.05) is 5.43 Å². The van der Waals surface area contributed by atoms with Crippen molar-refractivity contribution in [2.24, 2.45) is 0 Å². The van der Waals surface area contributed by atoms with E-state index in [-0.39, 0.29) is 0 Å². The van der Waals surface area contributed by atoms with Gasteiger partial charge in [0.25, 0.3) is 0 Å². The Bertz CT molecular complexity index is 641. The second-order valence-electron chi connectivity index (χ2n) is 4.05. The van der Waals surface area contributed by atoms with Crippen LogP contribution in [0.5, 0.6) is 0 Å². The zero-order chi connectivity index (χ0) is 11.7. The first-order valence-corrected chi connectivity index (χ1v) is 5.58. The molecule has 3 heteroatoms. The fourth-order valence-electron chi connectivity index (χ4n) is 2.01. The minimum atomic E-state index is 1.03. The highest BCUT2D eigenvalue weighted by molar-refractivity contribution is 5.84. The van der Waals surface area contributed by atoms with Crippen molar-refractivity contribution in [2.45, 2.75) is 6.92 Å². The summed E-state index contributed by atoms with van der Waals surface area (Å²) in [6.45, 7) is 2.12. The van der Waals surface area contributed by atoms with Crippen LogP contribution < -0.4 is 5.43 Å². The molecule has 0 fully saturated rings. The third-order valence-electron chi connectivity index (χ3n) is 2.84. The molecule has 84 valence electrons. The van der Waals surface area contributed by atoms with Crippen LogP contribution in [-0.2, 0) is 0 Å². The van der Waals surface area contributed by atoms with Gasteiger partial charge < -0.3 is 0 Å². The van der Waals surface area contributed by atoms with Gasteiger partial charge in [0.2, 0.25) is 0 Å². The normalized spacial score (nSPS) is 10.6. The molecule has 0 saturated heterocycles. The van der Waals surface area contributed by atoms with Crippen molar-refractivity contribution in [3.05, 3.63) is 60.6 Å². The molecule has 2 aromatic heterocycles. The molecule has 1 aromatic carbocycles. The Labute approximate surface area is 99.7 Å². The molecule has 0 radical (unpaired) electrons. The van der Waals surface area contributed by atoms with E-state index in [0.29, 0.717) is 0 Å². The molecular formula is C14H13N3. The Morgan fingerprint density at radius 1 is 1.06 bits per heavy atom. The van der Waals surface area contributed by atoms with E-state index in [1.54, 1.807) is 12.4 Å². The van der Waals surface area contributed by atoms with Gasteiger partial charge in [-0.1, -0.05) is 18.2 Å². The Kier molecular flexibility index (Phi) is 2.29. The molecule has 0 aliphatic carbocycles. The largest absolute Gasteiger partial charge is 0.294 e. The van der Waals surface area contributed by atoms with E-state index >= 15 is 0 Å². The molecule has 3 rings (SSSR count). The van der Waals surface area contributed by atoms with Crippen molar-refractivity contribution in [1.82, 2.24) is 9.66 Å². The number of aryl methyl sites for hydroxylation is 1. The monoisotopic (exact) mass is 223 g/mol. The van der Waals surface area contributed by atoms with Crippen molar-refractivity contribution in [1.29, 1.82) is 0 Å². The van der Waals surface area contributed by atoms with Gasteiger partial charge in [0.1, 0.15) is 0 Å². The van der Waals surface area contributed by atoms with Gasteiger partial charge in [-0.25, -0.2) is 0 Å². The van der Waals surface area contributed by atoms with Crippen LogP contribution in [0.15, 0.2) is 55.0 Å². The van der Waals surface area contributed by atoms with Crippen LogP contribution in [0.2, 0.25) is 0 Å². The van der Waals surface area contributed by atoms with Gasteiger partial charge in [-0.15, -0.1) is 0 Å². The van der Waals surface area contributed by atoms with Gasteiger partial charge in [0, 0.05) is 24.0 Å². The quantitative estimate of drug-likeness (QED) is 0.723. The number of para-hydroxylation sites is 1. The summed E-state index contributed by atoms with van der Waals surface area (Å²) in [5.41, 5.74) is 6.82. The van der Waals surface area contributed by atoms with E-state index in [1.807, 2.05) is 22.9 Å². The van der Waals surface area contributed by atoms with Gasteiger partial charge >= 0.3 is 0 Å². The van der Waals surface area contributed by atoms with Crippen molar-refractivity contribution < 1.29 is 0 Å². The predicted octanol–water partition coefficient (Wildman–Crippen LogP) is 3.22. The maximum atomic E-state index is 4.01. The molecule has 0 aliphatic heterocycles. The first-order chi connectivity index (χ1) is 8.34. The number of fused-ring (bicyclic) bond motifs is 1. The lowest BCUT2D eigenvalue weighted by Crippen LogP contribution is -2.06. The summed E-state index contributed by atoms with van der Waals surface area (Å²) in [6.07, 6.45) is 5.66. The number of pyridine rings is 1. The maximum absolute atomic E-state index is 4.01. The molecule has 2 heterocycles. The van der Waals surface area contributed by atoms with Gasteiger partial charge in [0.15, 0.2) is 0 Å². The number of hydrogen-bond acceptors (Lipinski definition) is 2. The van der Waals surface area contributed by atoms with E-state index in [1.165, 1.54) is 16.5 Å². The molecule has 0 bridgehead atoms. The Balaban J connectivity index is 2.07. The zero-order valence-electron chi connectivity index (χ0n) is 9.59. The Hall–Kier alpha value is -2.29. The molecule has 3 nitrogen and oxygen atoms in total. The molecule has 0 atom stereocenters. The molecule has 0 amide bonds. The molecule has 17 heavy (non-hydrogen) atoms. The van der Waals surface area contributed by atoms with Crippen LogP contribution in [0, 0.1) is 6.92 Å². The number of aromatic nitrogens is 2. The first kappa shape index (κ1) is 9.90. The zero-order valence-corrected chi connectivity index (χ0v) is 9.59. The van der Waals surface area contributed by atoms with Crippen LogP contribution >= 0.6 is 0 Å². The molecule has 1 N–H and O–H groups in total. The molecular weight excluding hydrogens is 210 g/mol. The van der Waals surface area contributed by atoms with E-state index in [2.05, 4.69) is 41.7 Å². The summed E-state index contributed by atoms with van der Waals surface area (Å²) >= 11 is 0. The molecule has 3 aromatic rings. The predicted molar refractivity (Wildman–Crippen MR) is 69.9 cm³/mol. The third kappa shape index (κ3) is 1.76. The third-order valence-corrected chi connectivity index (χ3v) is 2.84. The van der Waals surface area contributed by atoms with Gasteiger partial charge in [-0.3, -0.25) is 15.1 Å². The lowest BCUT2D eigenvalue weighted by molar-refractivity contribution is 1.00. The second-order valence-corrected chi connectivity index (χ2v) is 4.05. The average molecular weight is 223 g/mol. The van der Waals surface area contributed by atoms with E-state index < -0.39 is 0 Å². The average Bonchev–Trinajstić information content (AvgIpc) is 2.69.